The largest absolute Gasteiger partial charge is 0.492 e. The lowest BCUT2D eigenvalue weighted by Crippen LogP contribution is -2.10. The van der Waals surface area contributed by atoms with Gasteiger partial charge in [0.2, 0.25) is 0 Å². The van der Waals surface area contributed by atoms with Gasteiger partial charge in [0, 0.05) is 11.6 Å². The number of hydrogen-bond donors (Lipinski definition) is 1. The first-order valence-electron chi connectivity index (χ1n) is 5.90. The van der Waals surface area contributed by atoms with Crippen LogP contribution < -0.4 is 10.5 Å². The van der Waals surface area contributed by atoms with Gasteiger partial charge in [-0.1, -0.05) is 29.8 Å². The maximum atomic E-state index is 6.01. The van der Waals surface area contributed by atoms with Gasteiger partial charge in [0.15, 0.2) is 0 Å². The molecular weight excluding hydrogens is 246 g/mol. The number of rotatable bonds is 4. The normalized spacial score (nSPS) is 10.4. The molecule has 0 saturated heterocycles. The van der Waals surface area contributed by atoms with Gasteiger partial charge in [0.25, 0.3) is 0 Å². The number of halogens is 1. The fourth-order valence-electron chi connectivity index (χ4n) is 1.88. The van der Waals surface area contributed by atoms with E-state index in [0.29, 0.717) is 13.2 Å². The van der Waals surface area contributed by atoms with Crippen LogP contribution in [0.3, 0.4) is 0 Å². The SMILES string of the molecule is Cc1cc(OCCN)ccc1-c1cccc(Cl)c1. The summed E-state index contributed by atoms with van der Waals surface area (Å²) >= 11 is 6.01. The van der Waals surface area contributed by atoms with Crippen molar-refractivity contribution in [2.24, 2.45) is 5.73 Å². The summed E-state index contributed by atoms with van der Waals surface area (Å²) in [6, 6.07) is 13.9. The molecule has 0 saturated carbocycles. The van der Waals surface area contributed by atoms with Crippen molar-refractivity contribution in [2.45, 2.75) is 6.92 Å². The summed E-state index contributed by atoms with van der Waals surface area (Å²) in [5.74, 6) is 0.851. The van der Waals surface area contributed by atoms with Gasteiger partial charge in [-0.25, -0.2) is 0 Å². The van der Waals surface area contributed by atoms with Crippen molar-refractivity contribution >= 4 is 11.6 Å². The minimum absolute atomic E-state index is 0.523. The summed E-state index contributed by atoms with van der Waals surface area (Å²) in [5, 5.41) is 0.746. The molecule has 2 N–H and O–H groups in total. The number of benzene rings is 2. The average molecular weight is 262 g/mol. The third-order valence-electron chi connectivity index (χ3n) is 2.72. The third-order valence-corrected chi connectivity index (χ3v) is 2.96. The Morgan fingerprint density at radius 2 is 2.00 bits per heavy atom. The summed E-state index contributed by atoms with van der Waals surface area (Å²) in [5.41, 5.74) is 8.85. The summed E-state index contributed by atoms with van der Waals surface area (Å²) in [4.78, 5) is 0. The highest BCUT2D eigenvalue weighted by Gasteiger charge is 2.04. The van der Waals surface area contributed by atoms with E-state index in [1.165, 1.54) is 0 Å². The molecule has 2 aromatic rings. The summed E-state index contributed by atoms with van der Waals surface area (Å²) in [7, 11) is 0. The second-order valence-corrected chi connectivity index (χ2v) is 4.56. The number of ether oxygens (including phenoxy) is 1. The molecule has 0 bridgehead atoms. The Hall–Kier alpha value is -1.51. The molecule has 0 fully saturated rings. The highest BCUT2D eigenvalue weighted by Crippen LogP contribution is 2.28. The summed E-state index contributed by atoms with van der Waals surface area (Å²) < 4.78 is 5.50. The quantitative estimate of drug-likeness (QED) is 0.912. The topological polar surface area (TPSA) is 35.2 Å². The molecule has 0 atom stereocenters. The molecule has 0 aliphatic heterocycles. The number of nitrogens with two attached hydrogens (primary N) is 1. The fraction of sp³-hybridized carbons (Fsp3) is 0.200. The lowest BCUT2D eigenvalue weighted by Gasteiger charge is -2.10. The maximum absolute atomic E-state index is 6.01. The van der Waals surface area contributed by atoms with Gasteiger partial charge in [-0.15, -0.1) is 0 Å². The first kappa shape index (κ1) is 12.9. The van der Waals surface area contributed by atoms with E-state index in [-0.39, 0.29) is 0 Å². The zero-order chi connectivity index (χ0) is 13.0. The van der Waals surface area contributed by atoms with Crippen LogP contribution in [0.5, 0.6) is 5.75 Å². The maximum Gasteiger partial charge on any atom is 0.119 e. The standard InChI is InChI=1S/C15H16ClNO/c1-11-9-14(18-8-7-17)5-6-15(11)12-3-2-4-13(16)10-12/h2-6,9-10H,7-8,17H2,1H3. The molecule has 0 aromatic heterocycles. The van der Waals surface area contributed by atoms with Crippen LogP contribution >= 0.6 is 11.6 Å². The van der Waals surface area contributed by atoms with E-state index in [1.54, 1.807) is 0 Å². The van der Waals surface area contributed by atoms with E-state index in [4.69, 9.17) is 22.1 Å². The molecule has 0 spiro atoms. The van der Waals surface area contributed by atoms with E-state index >= 15 is 0 Å². The Morgan fingerprint density at radius 3 is 2.67 bits per heavy atom. The van der Waals surface area contributed by atoms with Crippen molar-refractivity contribution in [1.82, 2.24) is 0 Å². The molecule has 0 unspecified atom stereocenters. The monoisotopic (exact) mass is 261 g/mol. The second kappa shape index (κ2) is 5.89. The van der Waals surface area contributed by atoms with Crippen molar-refractivity contribution in [2.75, 3.05) is 13.2 Å². The van der Waals surface area contributed by atoms with Crippen LogP contribution in [0.4, 0.5) is 0 Å². The highest BCUT2D eigenvalue weighted by molar-refractivity contribution is 6.30. The van der Waals surface area contributed by atoms with Crippen molar-refractivity contribution in [3.63, 3.8) is 0 Å². The highest BCUT2D eigenvalue weighted by atomic mass is 35.5. The van der Waals surface area contributed by atoms with Crippen molar-refractivity contribution < 1.29 is 4.74 Å². The molecule has 0 amide bonds. The average Bonchev–Trinajstić information content (AvgIpc) is 2.36. The Labute approximate surface area is 112 Å². The van der Waals surface area contributed by atoms with Crippen LogP contribution in [0.2, 0.25) is 5.02 Å². The van der Waals surface area contributed by atoms with Crippen molar-refractivity contribution in [3.05, 3.63) is 53.1 Å². The predicted octanol–water partition coefficient (Wildman–Crippen LogP) is 3.65. The molecule has 0 radical (unpaired) electrons. The molecule has 0 heterocycles. The van der Waals surface area contributed by atoms with Crippen LogP contribution in [-0.2, 0) is 0 Å². The summed E-state index contributed by atoms with van der Waals surface area (Å²) in [6.45, 7) is 3.12. The van der Waals surface area contributed by atoms with Gasteiger partial charge in [0.05, 0.1) is 0 Å². The van der Waals surface area contributed by atoms with Gasteiger partial charge in [-0.2, -0.15) is 0 Å². The fourth-order valence-corrected chi connectivity index (χ4v) is 2.07. The van der Waals surface area contributed by atoms with Crippen molar-refractivity contribution in [3.8, 4) is 16.9 Å². The Bertz CT molecular complexity index is 540. The molecule has 2 rings (SSSR count). The van der Waals surface area contributed by atoms with E-state index < -0.39 is 0 Å². The van der Waals surface area contributed by atoms with E-state index in [2.05, 4.69) is 13.0 Å². The van der Waals surface area contributed by atoms with Crippen LogP contribution in [0.1, 0.15) is 5.56 Å². The zero-order valence-corrected chi connectivity index (χ0v) is 11.1. The number of hydrogen-bond acceptors (Lipinski definition) is 2. The van der Waals surface area contributed by atoms with Crippen LogP contribution in [0.25, 0.3) is 11.1 Å². The van der Waals surface area contributed by atoms with E-state index in [1.807, 2.05) is 36.4 Å². The lowest BCUT2D eigenvalue weighted by molar-refractivity contribution is 0.328. The van der Waals surface area contributed by atoms with E-state index in [0.717, 1.165) is 27.5 Å². The molecular formula is C15H16ClNO. The zero-order valence-electron chi connectivity index (χ0n) is 10.3. The van der Waals surface area contributed by atoms with Crippen molar-refractivity contribution in [1.29, 1.82) is 0 Å². The van der Waals surface area contributed by atoms with Gasteiger partial charge in [-0.05, 0) is 47.9 Å². The summed E-state index contributed by atoms with van der Waals surface area (Å²) in [6.07, 6.45) is 0. The first-order chi connectivity index (χ1) is 8.70. The van der Waals surface area contributed by atoms with Gasteiger partial charge in [-0.3, -0.25) is 0 Å². The molecule has 2 nitrogen and oxygen atoms in total. The molecule has 18 heavy (non-hydrogen) atoms. The molecule has 94 valence electrons. The van der Waals surface area contributed by atoms with Crippen LogP contribution in [0.15, 0.2) is 42.5 Å². The second-order valence-electron chi connectivity index (χ2n) is 4.12. The predicted molar refractivity (Wildman–Crippen MR) is 76.2 cm³/mol. The van der Waals surface area contributed by atoms with Gasteiger partial charge in [0.1, 0.15) is 12.4 Å². The Balaban J connectivity index is 2.29. The Morgan fingerprint density at radius 1 is 1.17 bits per heavy atom. The smallest absolute Gasteiger partial charge is 0.119 e. The Kier molecular flexibility index (Phi) is 4.24. The molecule has 2 aromatic carbocycles. The molecule has 0 aliphatic carbocycles. The van der Waals surface area contributed by atoms with Gasteiger partial charge >= 0.3 is 0 Å². The van der Waals surface area contributed by atoms with Crippen LogP contribution in [0, 0.1) is 6.92 Å². The van der Waals surface area contributed by atoms with Gasteiger partial charge < -0.3 is 10.5 Å². The minimum Gasteiger partial charge on any atom is -0.492 e. The molecule has 3 heteroatoms. The first-order valence-corrected chi connectivity index (χ1v) is 6.28. The minimum atomic E-state index is 0.523. The van der Waals surface area contributed by atoms with Crippen LogP contribution in [-0.4, -0.2) is 13.2 Å². The third kappa shape index (κ3) is 3.03. The molecule has 0 aliphatic rings. The van der Waals surface area contributed by atoms with E-state index in [9.17, 15) is 0 Å². The lowest BCUT2D eigenvalue weighted by atomic mass is 10.0. The number of aryl methyl sites for hydroxylation is 1.